The summed E-state index contributed by atoms with van der Waals surface area (Å²) >= 11 is 6.16. The highest BCUT2D eigenvalue weighted by Crippen LogP contribution is 2.33. The number of aryl methyl sites for hydroxylation is 1. The van der Waals surface area contributed by atoms with E-state index in [9.17, 15) is 22.8 Å². The van der Waals surface area contributed by atoms with Crippen LogP contribution in [0.4, 0.5) is 18.9 Å². The Morgan fingerprint density at radius 2 is 1.76 bits per heavy atom. The number of amides is 1. The van der Waals surface area contributed by atoms with Gasteiger partial charge in [0.1, 0.15) is 0 Å². The molecule has 0 aromatic heterocycles. The molecule has 1 saturated heterocycles. The van der Waals surface area contributed by atoms with E-state index in [1.165, 1.54) is 19.2 Å². The number of hydrogen-bond acceptors (Lipinski definition) is 4. The van der Waals surface area contributed by atoms with Gasteiger partial charge in [0.05, 0.1) is 18.2 Å². The molecule has 5 nitrogen and oxygen atoms in total. The zero-order chi connectivity index (χ0) is 26.6. The fourth-order valence-corrected chi connectivity index (χ4v) is 5.75. The van der Waals surface area contributed by atoms with Crippen LogP contribution in [0.25, 0.3) is 0 Å². The number of nitrogens with zero attached hydrogens (tertiary/aromatic N) is 1. The number of halogens is 4. The lowest BCUT2D eigenvalue weighted by atomic mass is 9.91. The molecule has 0 radical (unpaired) electrons. The van der Waals surface area contributed by atoms with Crippen molar-refractivity contribution in [1.29, 1.82) is 0 Å². The van der Waals surface area contributed by atoms with Gasteiger partial charge in [-0.1, -0.05) is 18.0 Å². The normalized spacial score (nSPS) is 20.6. The largest absolute Gasteiger partial charge is 0.465 e. The first kappa shape index (κ1) is 27.3. The third kappa shape index (κ3) is 6.78. The minimum Gasteiger partial charge on any atom is -0.465 e. The van der Waals surface area contributed by atoms with Gasteiger partial charge in [0.25, 0.3) is 0 Å². The number of piperidine rings is 1. The molecule has 1 heterocycles. The molecule has 200 valence electrons. The van der Waals surface area contributed by atoms with E-state index in [-0.39, 0.29) is 23.8 Å². The average molecular weight is 537 g/mol. The summed E-state index contributed by atoms with van der Waals surface area (Å²) < 4.78 is 43.4. The summed E-state index contributed by atoms with van der Waals surface area (Å²) in [6.07, 6.45) is 1.48. The van der Waals surface area contributed by atoms with E-state index in [2.05, 4.69) is 5.32 Å². The SMILES string of the molecule is COC(=O)c1ccc(Cl)cc1CC[C@H]1CCC[C@@H]1NC(=O)C1CCN(c2ccc(C(F)(F)F)cc2)CC1. The molecule has 2 atom stereocenters. The first-order valence-electron chi connectivity index (χ1n) is 12.7. The molecule has 2 aromatic rings. The number of methoxy groups -OCH3 is 1. The summed E-state index contributed by atoms with van der Waals surface area (Å²) in [5, 5.41) is 3.84. The average Bonchev–Trinajstić information content (AvgIpc) is 3.33. The lowest BCUT2D eigenvalue weighted by Crippen LogP contribution is -2.45. The van der Waals surface area contributed by atoms with Crippen molar-refractivity contribution < 1.29 is 27.5 Å². The number of alkyl halides is 3. The number of anilines is 1. The van der Waals surface area contributed by atoms with Crippen LogP contribution in [0.5, 0.6) is 0 Å². The fraction of sp³-hybridized carbons (Fsp3) is 0.500. The minimum absolute atomic E-state index is 0.0574. The molecule has 2 aromatic carbocycles. The smallest absolute Gasteiger partial charge is 0.416 e. The maximum atomic E-state index is 13.1. The van der Waals surface area contributed by atoms with Crippen LogP contribution in [-0.2, 0) is 22.1 Å². The molecule has 1 aliphatic heterocycles. The first-order chi connectivity index (χ1) is 17.7. The van der Waals surface area contributed by atoms with Crippen LogP contribution in [0.1, 0.15) is 60.0 Å². The van der Waals surface area contributed by atoms with Crippen molar-refractivity contribution in [3.05, 3.63) is 64.2 Å². The van der Waals surface area contributed by atoms with Crippen LogP contribution in [0, 0.1) is 11.8 Å². The van der Waals surface area contributed by atoms with E-state index in [0.717, 1.165) is 49.1 Å². The highest BCUT2D eigenvalue weighted by Gasteiger charge is 2.33. The molecule has 2 aliphatic rings. The van der Waals surface area contributed by atoms with Gasteiger partial charge in [0.2, 0.25) is 5.91 Å². The Hall–Kier alpha value is -2.74. The Morgan fingerprint density at radius 3 is 2.41 bits per heavy atom. The maximum Gasteiger partial charge on any atom is 0.416 e. The summed E-state index contributed by atoms with van der Waals surface area (Å²) in [5.41, 5.74) is 1.46. The molecular weight excluding hydrogens is 505 g/mol. The molecular formula is C28H32ClF3N2O3. The van der Waals surface area contributed by atoms with E-state index in [1.807, 2.05) is 4.90 Å². The van der Waals surface area contributed by atoms with Crippen LogP contribution in [-0.4, -0.2) is 38.1 Å². The Kier molecular flexibility index (Phi) is 8.67. The van der Waals surface area contributed by atoms with E-state index >= 15 is 0 Å². The third-order valence-electron chi connectivity index (χ3n) is 7.67. The number of carbonyl (C=O) groups is 2. The summed E-state index contributed by atoms with van der Waals surface area (Å²) in [6.45, 7) is 1.26. The molecule has 2 fully saturated rings. The van der Waals surface area contributed by atoms with Gasteiger partial charge >= 0.3 is 12.1 Å². The van der Waals surface area contributed by atoms with Gasteiger partial charge in [0, 0.05) is 35.8 Å². The first-order valence-corrected chi connectivity index (χ1v) is 13.1. The second-order valence-corrected chi connectivity index (χ2v) is 10.4. The van der Waals surface area contributed by atoms with E-state index in [0.29, 0.717) is 48.9 Å². The maximum absolute atomic E-state index is 13.1. The van der Waals surface area contributed by atoms with E-state index in [1.54, 1.807) is 18.2 Å². The Morgan fingerprint density at radius 1 is 1.05 bits per heavy atom. The van der Waals surface area contributed by atoms with Gasteiger partial charge in [-0.05, 0) is 92.5 Å². The summed E-state index contributed by atoms with van der Waals surface area (Å²) in [4.78, 5) is 27.2. The van der Waals surface area contributed by atoms with Gasteiger partial charge in [-0.15, -0.1) is 0 Å². The summed E-state index contributed by atoms with van der Waals surface area (Å²) in [7, 11) is 1.36. The van der Waals surface area contributed by atoms with E-state index in [4.69, 9.17) is 16.3 Å². The van der Waals surface area contributed by atoms with Gasteiger partial charge in [0.15, 0.2) is 0 Å². The number of carbonyl (C=O) groups excluding carboxylic acids is 2. The standard InChI is InChI=1S/C28H32ClF3N2O3/c1-37-27(36)24-12-9-22(29)17-20(24)6-5-18-3-2-4-25(18)33-26(35)19-13-15-34(16-14-19)23-10-7-21(8-11-23)28(30,31)32/h7-12,17-19,25H,2-6,13-16H2,1H3,(H,33,35)/t18-,25+/m1/s1. The summed E-state index contributed by atoms with van der Waals surface area (Å²) in [5.74, 6) is -0.112. The molecule has 1 aliphatic carbocycles. The third-order valence-corrected chi connectivity index (χ3v) is 7.90. The van der Waals surface area contributed by atoms with Crippen molar-refractivity contribution in [3.63, 3.8) is 0 Å². The second kappa shape index (κ2) is 11.8. The lowest BCUT2D eigenvalue weighted by Gasteiger charge is -2.34. The lowest BCUT2D eigenvalue weighted by molar-refractivity contribution is -0.137. The summed E-state index contributed by atoms with van der Waals surface area (Å²) in [6, 6.07) is 10.5. The zero-order valence-electron chi connectivity index (χ0n) is 20.8. The number of ether oxygens (including phenoxy) is 1. The number of hydrogen-bond donors (Lipinski definition) is 1. The van der Waals surface area contributed by atoms with Gasteiger partial charge in [-0.3, -0.25) is 4.79 Å². The van der Waals surface area contributed by atoms with Crippen molar-refractivity contribution in [2.75, 3.05) is 25.1 Å². The van der Waals surface area contributed by atoms with Crippen molar-refractivity contribution in [2.45, 2.75) is 57.2 Å². The van der Waals surface area contributed by atoms with Crippen LogP contribution >= 0.6 is 11.6 Å². The zero-order valence-corrected chi connectivity index (χ0v) is 21.6. The molecule has 0 spiro atoms. The molecule has 1 amide bonds. The highest BCUT2D eigenvalue weighted by molar-refractivity contribution is 6.30. The predicted molar refractivity (Wildman–Crippen MR) is 137 cm³/mol. The Balaban J connectivity index is 1.29. The van der Waals surface area contributed by atoms with Crippen LogP contribution in [0.15, 0.2) is 42.5 Å². The number of benzene rings is 2. The number of esters is 1. The molecule has 9 heteroatoms. The Bertz CT molecular complexity index is 1100. The van der Waals surface area contributed by atoms with Gasteiger partial charge in [-0.25, -0.2) is 4.79 Å². The van der Waals surface area contributed by atoms with Crippen molar-refractivity contribution in [2.24, 2.45) is 11.8 Å². The Labute approximate surface area is 220 Å². The number of rotatable bonds is 7. The topological polar surface area (TPSA) is 58.6 Å². The quantitative estimate of drug-likeness (QED) is 0.423. The monoisotopic (exact) mass is 536 g/mol. The molecule has 1 N–H and O–H groups in total. The van der Waals surface area contributed by atoms with Gasteiger partial charge < -0.3 is 15.0 Å². The minimum atomic E-state index is -4.35. The van der Waals surface area contributed by atoms with Crippen molar-refractivity contribution in [3.8, 4) is 0 Å². The molecule has 0 unspecified atom stereocenters. The van der Waals surface area contributed by atoms with E-state index < -0.39 is 11.7 Å². The predicted octanol–water partition coefficient (Wildman–Crippen LogP) is 6.28. The van der Waals surface area contributed by atoms with Gasteiger partial charge in [-0.2, -0.15) is 13.2 Å². The molecule has 4 rings (SSSR count). The van der Waals surface area contributed by atoms with Crippen LogP contribution in [0.2, 0.25) is 5.02 Å². The highest BCUT2D eigenvalue weighted by atomic mass is 35.5. The van der Waals surface area contributed by atoms with Crippen LogP contribution in [0.3, 0.4) is 0 Å². The second-order valence-electron chi connectivity index (χ2n) is 9.94. The van der Waals surface area contributed by atoms with Crippen molar-refractivity contribution in [1.82, 2.24) is 5.32 Å². The van der Waals surface area contributed by atoms with Crippen LogP contribution < -0.4 is 10.2 Å². The van der Waals surface area contributed by atoms with Crippen molar-refractivity contribution >= 4 is 29.2 Å². The molecule has 37 heavy (non-hydrogen) atoms. The fourth-order valence-electron chi connectivity index (χ4n) is 5.55. The molecule has 1 saturated carbocycles. The number of nitrogens with one attached hydrogen (secondary N) is 1. The molecule has 0 bridgehead atoms.